The van der Waals surface area contributed by atoms with Crippen molar-refractivity contribution < 1.29 is 8.78 Å². The molecule has 0 atom stereocenters. The van der Waals surface area contributed by atoms with Crippen LogP contribution in [-0.4, -0.2) is 4.71 Å². The normalized spacial score (nSPS) is 11.7. The van der Waals surface area contributed by atoms with E-state index in [0.717, 1.165) is 0 Å². The van der Waals surface area contributed by atoms with E-state index in [-0.39, 0.29) is 21.7 Å². The third kappa shape index (κ3) is 3.17. The quantitative estimate of drug-likeness (QED) is 0.540. The monoisotopic (exact) mass is 228 g/mol. The van der Waals surface area contributed by atoms with Crippen LogP contribution in [-0.2, 0) is 0 Å². The summed E-state index contributed by atoms with van der Waals surface area (Å²) in [6, 6.07) is 6.31. The van der Waals surface area contributed by atoms with Gasteiger partial charge in [0.05, 0.1) is 5.02 Å². The summed E-state index contributed by atoms with van der Waals surface area (Å²) >= 11 is 10.6. The predicted molar refractivity (Wildman–Crippen MR) is 48.1 cm³/mol. The van der Waals surface area contributed by atoms with E-state index in [9.17, 15) is 8.78 Å². The summed E-state index contributed by atoms with van der Waals surface area (Å²) in [4.78, 5) is 0.277. The average molecular weight is 229 g/mol. The van der Waals surface area contributed by atoms with Crippen LogP contribution in [0.4, 0.5) is 8.78 Å². The summed E-state index contributed by atoms with van der Waals surface area (Å²) in [6.07, 6.45) is 0. The molecule has 5 heteroatoms. The standard InChI is InChI=1S/C7H4Cl2F2S/c8-5-3-1-2-4-6(5)12-7(9,10)11/h1-4H. The highest BCUT2D eigenvalue weighted by Gasteiger charge is 2.27. The summed E-state index contributed by atoms with van der Waals surface area (Å²) in [7, 11) is 0. The van der Waals surface area contributed by atoms with Crippen LogP contribution in [0.2, 0.25) is 5.02 Å². The second kappa shape index (κ2) is 3.81. The lowest BCUT2D eigenvalue weighted by Crippen LogP contribution is -1.96. The summed E-state index contributed by atoms with van der Waals surface area (Å²) in [5, 5.41) is 0.280. The molecular weight excluding hydrogens is 225 g/mol. The van der Waals surface area contributed by atoms with Crippen molar-refractivity contribution in [1.29, 1.82) is 0 Å². The fourth-order valence-electron chi connectivity index (χ4n) is 0.652. The molecule has 0 aromatic heterocycles. The van der Waals surface area contributed by atoms with E-state index < -0.39 is 4.71 Å². The van der Waals surface area contributed by atoms with Crippen LogP contribution in [0, 0.1) is 0 Å². The second-order valence-corrected chi connectivity index (χ2v) is 4.24. The molecule has 0 spiro atoms. The molecule has 0 nitrogen and oxygen atoms in total. The van der Waals surface area contributed by atoms with Crippen molar-refractivity contribution in [2.75, 3.05) is 0 Å². The molecule has 0 aliphatic rings. The maximum Gasteiger partial charge on any atom is 0.375 e. The van der Waals surface area contributed by atoms with Gasteiger partial charge in [0.25, 0.3) is 0 Å². The SMILES string of the molecule is FC(F)(Cl)Sc1ccccc1Cl. The van der Waals surface area contributed by atoms with Crippen molar-refractivity contribution >= 4 is 35.0 Å². The van der Waals surface area contributed by atoms with E-state index in [2.05, 4.69) is 0 Å². The summed E-state index contributed by atoms with van der Waals surface area (Å²) in [5.41, 5.74) is 0. The maximum atomic E-state index is 12.3. The minimum Gasteiger partial charge on any atom is -0.177 e. The Morgan fingerprint density at radius 2 is 1.83 bits per heavy atom. The largest absolute Gasteiger partial charge is 0.375 e. The van der Waals surface area contributed by atoms with Crippen molar-refractivity contribution in [1.82, 2.24) is 0 Å². The molecule has 12 heavy (non-hydrogen) atoms. The number of halogens is 4. The summed E-state index contributed by atoms with van der Waals surface area (Å²) in [6.45, 7) is 0. The van der Waals surface area contributed by atoms with Gasteiger partial charge in [0.1, 0.15) is 0 Å². The molecule has 66 valence electrons. The van der Waals surface area contributed by atoms with Crippen LogP contribution >= 0.6 is 35.0 Å². The Labute approximate surface area is 82.9 Å². The lowest BCUT2D eigenvalue weighted by Gasteiger charge is -2.07. The molecule has 0 unspecified atom stereocenters. The molecule has 0 radical (unpaired) electrons. The van der Waals surface area contributed by atoms with Gasteiger partial charge in [-0.2, -0.15) is 8.78 Å². The number of hydrogen-bond acceptors (Lipinski definition) is 1. The number of rotatable bonds is 2. The Bertz CT molecular complexity index is 272. The summed E-state index contributed by atoms with van der Waals surface area (Å²) < 4.78 is 21.2. The molecule has 0 saturated heterocycles. The smallest absolute Gasteiger partial charge is 0.177 e. The van der Waals surface area contributed by atoms with Crippen LogP contribution in [0.5, 0.6) is 0 Å². The van der Waals surface area contributed by atoms with Gasteiger partial charge in [0, 0.05) is 4.90 Å². The van der Waals surface area contributed by atoms with Crippen LogP contribution in [0.15, 0.2) is 29.2 Å². The van der Waals surface area contributed by atoms with E-state index in [1.165, 1.54) is 12.1 Å². The highest BCUT2D eigenvalue weighted by molar-refractivity contribution is 8.01. The van der Waals surface area contributed by atoms with Crippen molar-refractivity contribution in [2.45, 2.75) is 9.61 Å². The van der Waals surface area contributed by atoms with Gasteiger partial charge in [-0.1, -0.05) is 23.7 Å². The van der Waals surface area contributed by atoms with Crippen molar-refractivity contribution in [2.24, 2.45) is 0 Å². The predicted octanol–water partition coefficient (Wildman–Crippen LogP) is 4.22. The molecule has 0 N–H and O–H groups in total. The fourth-order valence-corrected chi connectivity index (χ4v) is 1.71. The molecular formula is C7H4Cl2F2S. The van der Waals surface area contributed by atoms with E-state index >= 15 is 0 Å². The Kier molecular flexibility index (Phi) is 3.21. The van der Waals surface area contributed by atoms with Gasteiger partial charge in [-0.05, 0) is 35.5 Å². The van der Waals surface area contributed by atoms with Gasteiger partial charge in [-0.25, -0.2) is 0 Å². The van der Waals surface area contributed by atoms with Gasteiger partial charge in [-0.15, -0.1) is 0 Å². The zero-order valence-electron chi connectivity index (χ0n) is 5.73. The molecule has 1 rings (SSSR count). The topological polar surface area (TPSA) is 0 Å². The summed E-state index contributed by atoms with van der Waals surface area (Å²) in [5.74, 6) is 0. The third-order valence-electron chi connectivity index (χ3n) is 1.06. The first-order chi connectivity index (χ1) is 5.49. The van der Waals surface area contributed by atoms with E-state index in [0.29, 0.717) is 0 Å². The third-order valence-corrected chi connectivity index (χ3v) is 2.54. The molecule has 0 heterocycles. The van der Waals surface area contributed by atoms with Gasteiger partial charge < -0.3 is 0 Å². The second-order valence-electron chi connectivity index (χ2n) is 1.98. The van der Waals surface area contributed by atoms with Crippen LogP contribution < -0.4 is 0 Å². The van der Waals surface area contributed by atoms with E-state index in [1.807, 2.05) is 0 Å². The maximum absolute atomic E-state index is 12.3. The van der Waals surface area contributed by atoms with Gasteiger partial charge in [0.15, 0.2) is 0 Å². The Hall–Kier alpha value is 0.01000. The van der Waals surface area contributed by atoms with Crippen LogP contribution in [0.1, 0.15) is 0 Å². The Morgan fingerprint density at radius 3 is 2.33 bits per heavy atom. The van der Waals surface area contributed by atoms with Gasteiger partial charge >= 0.3 is 4.71 Å². The van der Waals surface area contributed by atoms with E-state index in [1.54, 1.807) is 12.1 Å². The highest BCUT2D eigenvalue weighted by Crippen LogP contribution is 2.41. The molecule has 1 aromatic carbocycles. The first kappa shape index (κ1) is 10.1. The number of alkyl halides is 3. The zero-order chi connectivity index (χ0) is 9.19. The van der Waals surface area contributed by atoms with Crippen LogP contribution in [0.25, 0.3) is 0 Å². The van der Waals surface area contributed by atoms with Crippen molar-refractivity contribution in [3.8, 4) is 0 Å². The minimum atomic E-state index is -3.30. The van der Waals surface area contributed by atoms with Crippen molar-refractivity contribution in [3.05, 3.63) is 29.3 Å². The number of hydrogen-bond donors (Lipinski definition) is 0. The first-order valence-electron chi connectivity index (χ1n) is 2.99. The zero-order valence-corrected chi connectivity index (χ0v) is 8.06. The molecule has 1 aromatic rings. The number of thioether (sulfide) groups is 1. The average Bonchev–Trinajstić information content (AvgIpc) is 1.91. The van der Waals surface area contributed by atoms with Gasteiger partial charge in [0.2, 0.25) is 0 Å². The lowest BCUT2D eigenvalue weighted by molar-refractivity contribution is 0.203. The fraction of sp³-hybridized carbons (Fsp3) is 0.143. The molecule has 0 aliphatic carbocycles. The van der Waals surface area contributed by atoms with Crippen molar-refractivity contribution in [3.63, 3.8) is 0 Å². The lowest BCUT2D eigenvalue weighted by atomic mass is 10.4. The first-order valence-corrected chi connectivity index (χ1v) is 4.56. The molecule has 0 aliphatic heterocycles. The molecule has 0 bridgehead atoms. The highest BCUT2D eigenvalue weighted by atomic mass is 35.5. The molecule has 0 fully saturated rings. The van der Waals surface area contributed by atoms with Gasteiger partial charge in [-0.3, -0.25) is 0 Å². The Balaban J connectivity index is 2.83. The van der Waals surface area contributed by atoms with Crippen LogP contribution in [0.3, 0.4) is 0 Å². The molecule has 0 amide bonds. The minimum absolute atomic E-state index is 0.228. The van der Waals surface area contributed by atoms with E-state index in [4.69, 9.17) is 23.2 Å². The Morgan fingerprint density at radius 1 is 1.25 bits per heavy atom. The molecule has 0 saturated carbocycles. The number of benzene rings is 1.